The summed E-state index contributed by atoms with van der Waals surface area (Å²) in [6, 6.07) is 15.3. The fourth-order valence-electron chi connectivity index (χ4n) is 2.97. The molecule has 2 heterocycles. The lowest BCUT2D eigenvalue weighted by Crippen LogP contribution is -2.29. The van der Waals surface area contributed by atoms with Gasteiger partial charge in [0, 0.05) is 11.0 Å². The summed E-state index contributed by atoms with van der Waals surface area (Å²) in [5.74, 6) is 0.0356. The van der Waals surface area contributed by atoms with Gasteiger partial charge in [-0.15, -0.1) is 0 Å². The van der Waals surface area contributed by atoms with E-state index < -0.39 is 0 Å². The second kappa shape index (κ2) is 6.67. The molecule has 0 saturated carbocycles. The van der Waals surface area contributed by atoms with Gasteiger partial charge in [0.25, 0.3) is 0 Å². The normalized spacial score (nSPS) is 19.8. The molecule has 2 aliphatic rings. The van der Waals surface area contributed by atoms with Crippen LogP contribution >= 0.6 is 23.4 Å². The average molecular weight is 382 g/mol. The van der Waals surface area contributed by atoms with Gasteiger partial charge in [-0.2, -0.15) is 0 Å². The zero-order chi connectivity index (χ0) is 18.3. The Hall–Kier alpha value is -2.50. The Morgan fingerprint density at radius 1 is 1.15 bits per heavy atom. The predicted molar refractivity (Wildman–Crippen MR) is 108 cm³/mol. The van der Waals surface area contributed by atoms with Crippen LogP contribution in [0.15, 0.2) is 64.5 Å². The van der Waals surface area contributed by atoms with E-state index in [1.54, 1.807) is 12.1 Å². The maximum Gasteiger partial charge on any atom is 0.237 e. The molecule has 26 heavy (non-hydrogen) atoms. The summed E-state index contributed by atoms with van der Waals surface area (Å²) in [5, 5.41) is 15.2. The quantitative estimate of drug-likeness (QED) is 0.777. The highest BCUT2D eigenvalue weighted by Crippen LogP contribution is 2.38. The first-order valence-electron chi connectivity index (χ1n) is 8.15. The van der Waals surface area contributed by atoms with E-state index in [0.29, 0.717) is 16.3 Å². The molecule has 0 aromatic heterocycles. The standard InChI is InChI=1S/C20H16ClN3OS/c1-12-6-8-13(9-7-12)16-11-26-20(23-16)14-10-18(25)24(19(14)22)17-5-3-2-4-15(17)21/h2-9,11,22-23H,10H2,1H3/b20-14+,22-19?. The van der Waals surface area contributed by atoms with Gasteiger partial charge < -0.3 is 5.32 Å². The number of amides is 1. The van der Waals surface area contributed by atoms with Crippen LogP contribution in [-0.2, 0) is 4.79 Å². The zero-order valence-electron chi connectivity index (χ0n) is 14.0. The number of halogens is 1. The van der Waals surface area contributed by atoms with Crippen molar-refractivity contribution in [2.75, 3.05) is 4.90 Å². The van der Waals surface area contributed by atoms with Crippen molar-refractivity contribution in [3.63, 3.8) is 0 Å². The lowest BCUT2D eigenvalue weighted by atomic mass is 10.1. The molecule has 0 unspecified atom stereocenters. The lowest BCUT2D eigenvalue weighted by molar-refractivity contribution is -0.116. The Kier molecular flexibility index (Phi) is 4.34. The summed E-state index contributed by atoms with van der Waals surface area (Å²) in [6.07, 6.45) is 0.189. The highest BCUT2D eigenvalue weighted by atomic mass is 35.5. The topological polar surface area (TPSA) is 56.2 Å². The van der Waals surface area contributed by atoms with Gasteiger partial charge in [-0.1, -0.05) is 65.3 Å². The van der Waals surface area contributed by atoms with Crippen molar-refractivity contribution in [3.05, 3.63) is 80.7 Å². The van der Waals surface area contributed by atoms with Crippen LogP contribution in [0.5, 0.6) is 0 Å². The Bertz CT molecular complexity index is 979. The number of carbonyl (C=O) groups is 1. The van der Waals surface area contributed by atoms with Crippen LogP contribution in [0.3, 0.4) is 0 Å². The molecule has 2 aromatic carbocycles. The molecule has 0 aliphatic carbocycles. The number of hydrogen-bond acceptors (Lipinski definition) is 4. The number of aryl methyl sites for hydroxylation is 1. The number of para-hydroxylation sites is 1. The van der Waals surface area contributed by atoms with Crippen LogP contribution in [0.4, 0.5) is 5.69 Å². The van der Waals surface area contributed by atoms with Gasteiger partial charge in [0.05, 0.1) is 27.9 Å². The number of nitrogens with one attached hydrogen (secondary N) is 2. The average Bonchev–Trinajstić information content (AvgIpc) is 3.22. The van der Waals surface area contributed by atoms with Gasteiger partial charge in [-0.05, 0) is 24.6 Å². The van der Waals surface area contributed by atoms with E-state index >= 15 is 0 Å². The Morgan fingerprint density at radius 2 is 1.88 bits per heavy atom. The summed E-state index contributed by atoms with van der Waals surface area (Å²) in [5.41, 5.74) is 4.51. The van der Waals surface area contributed by atoms with Crippen molar-refractivity contribution < 1.29 is 4.79 Å². The molecule has 0 spiro atoms. The van der Waals surface area contributed by atoms with Gasteiger partial charge >= 0.3 is 0 Å². The van der Waals surface area contributed by atoms with Crippen molar-refractivity contribution >= 4 is 46.5 Å². The molecule has 1 saturated heterocycles. The number of thioether (sulfide) groups is 1. The molecule has 0 bridgehead atoms. The van der Waals surface area contributed by atoms with E-state index in [0.717, 1.165) is 16.3 Å². The number of anilines is 1. The number of carbonyl (C=O) groups excluding carboxylic acids is 1. The number of amidine groups is 1. The monoisotopic (exact) mass is 381 g/mol. The smallest absolute Gasteiger partial charge is 0.237 e. The minimum atomic E-state index is -0.142. The number of hydrogen-bond donors (Lipinski definition) is 2. The molecular weight excluding hydrogens is 366 g/mol. The molecule has 2 aliphatic heterocycles. The van der Waals surface area contributed by atoms with Crippen molar-refractivity contribution in [2.24, 2.45) is 0 Å². The minimum Gasteiger partial charge on any atom is -0.349 e. The van der Waals surface area contributed by atoms with Crippen LogP contribution in [0.1, 0.15) is 17.5 Å². The summed E-state index contributed by atoms with van der Waals surface area (Å²) >= 11 is 7.73. The fourth-order valence-corrected chi connectivity index (χ4v) is 4.10. The molecule has 0 radical (unpaired) electrons. The maximum atomic E-state index is 12.5. The van der Waals surface area contributed by atoms with Gasteiger partial charge in [-0.25, -0.2) is 0 Å². The lowest BCUT2D eigenvalue weighted by Gasteiger charge is -2.17. The molecule has 0 atom stereocenters. The molecular formula is C20H16ClN3OS. The third kappa shape index (κ3) is 2.93. The zero-order valence-corrected chi connectivity index (χ0v) is 15.6. The minimum absolute atomic E-state index is 0.142. The Balaban J connectivity index is 1.61. The summed E-state index contributed by atoms with van der Waals surface area (Å²) in [6.45, 7) is 2.05. The third-order valence-corrected chi connectivity index (χ3v) is 5.62. The van der Waals surface area contributed by atoms with Crippen LogP contribution in [0.2, 0.25) is 5.02 Å². The molecule has 1 amide bonds. The first-order chi connectivity index (χ1) is 12.5. The van der Waals surface area contributed by atoms with E-state index in [2.05, 4.69) is 36.5 Å². The van der Waals surface area contributed by atoms with Crippen LogP contribution in [-0.4, -0.2) is 11.7 Å². The largest absolute Gasteiger partial charge is 0.349 e. The molecule has 130 valence electrons. The third-order valence-electron chi connectivity index (χ3n) is 4.36. The molecule has 6 heteroatoms. The molecule has 1 fully saturated rings. The first kappa shape index (κ1) is 16.9. The number of benzene rings is 2. The van der Waals surface area contributed by atoms with Crippen molar-refractivity contribution in [1.82, 2.24) is 5.32 Å². The maximum absolute atomic E-state index is 12.5. The van der Waals surface area contributed by atoms with Gasteiger partial charge in [0.1, 0.15) is 5.84 Å². The van der Waals surface area contributed by atoms with Gasteiger partial charge in [0.15, 0.2) is 0 Å². The van der Waals surface area contributed by atoms with Gasteiger partial charge in [0.2, 0.25) is 5.91 Å². The summed E-state index contributed by atoms with van der Waals surface area (Å²) < 4.78 is 0. The second-order valence-corrected chi connectivity index (χ2v) is 7.44. The predicted octanol–water partition coefficient (Wildman–Crippen LogP) is 4.91. The highest BCUT2D eigenvalue weighted by Gasteiger charge is 2.36. The van der Waals surface area contributed by atoms with E-state index in [-0.39, 0.29) is 18.2 Å². The van der Waals surface area contributed by atoms with Gasteiger partial charge in [-0.3, -0.25) is 15.1 Å². The Morgan fingerprint density at radius 3 is 2.62 bits per heavy atom. The molecule has 4 rings (SSSR count). The second-order valence-electron chi connectivity index (χ2n) is 6.15. The van der Waals surface area contributed by atoms with Crippen LogP contribution in [0, 0.1) is 12.3 Å². The van der Waals surface area contributed by atoms with Crippen molar-refractivity contribution in [3.8, 4) is 0 Å². The van der Waals surface area contributed by atoms with Crippen LogP contribution < -0.4 is 10.2 Å². The highest BCUT2D eigenvalue weighted by molar-refractivity contribution is 8.06. The van der Waals surface area contributed by atoms with E-state index in [1.165, 1.54) is 22.2 Å². The van der Waals surface area contributed by atoms with Crippen LogP contribution in [0.25, 0.3) is 5.70 Å². The van der Waals surface area contributed by atoms with Crippen molar-refractivity contribution in [2.45, 2.75) is 13.3 Å². The summed E-state index contributed by atoms with van der Waals surface area (Å²) in [7, 11) is 0. The summed E-state index contributed by atoms with van der Waals surface area (Å²) in [4.78, 5) is 13.9. The molecule has 2 N–H and O–H groups in total. The van der Waals surface area contributed by atoms with E-state index in [1.807, 2.05) is 17.5 Å². The number of rotatable bonds is 2. The van der Waals surface area contributed by atoms with Crippen molar-refractivity contribution in [1.29, 1.82) is 5.41 Å². The number of nitrogens with zero attached hydrogens (tertiary/aromatic N) is 1. The molecule has 2 aromatic rings. The molecule has 4 nitrogen and oxygen atoms in total. The fraction of sp³-hybridized carbons (Fsp3) is 0.100. The van der Waals surface area contributed by atoms with E-state index in [9.17, 15) is 4.79 Å². The Labute approximate surface area is 161 Å². The SMILES string of the molecule is Cc1ccc(C2=CS/C(=C3\CC(=O)N(c4ccccc4Cl)C3=N)N2)cc1. The first-order valence-corrected chi connectivity index (χ1v) is 9.41. The van der Waals surface area contributed by atoms with E-state index in [4.69, 9.17) is 17.0 Å².